The van der Waals surface area contributed by atoms with E-state index in [9.17, 15) is 0 Å². The maximum atomic E-state index is 5.68. The fourth-order valence-corrected chi connectivity index (χ4v) is 2.23. The highest BCUT2D eigenvalue weighted by Crippen LogP contribution is 2.25. The highest BCUT2D eigenvalue weighted by atomic mass is 16.5. The van der Waals surface area contributed by atoms with Crippen molar-refractivity contribution in [3.63, 3.8) is 0 Å². The smallest absolute Gasteiger partial charge is 0.161 e. The lowest BCUT2D eigenvalue weighted by Crippen LogP contribution is -2.25. The van der Waals surface area contributed by atoms with E-state index in [4.69, 9.17) is 14.2 Å². The van der Waals surface area contributed by atoms with Gasteiger partial charge in [-0.05, 0) is 37.9 Å². The summed E-state index contributed by atoms with van der Waals surface area (Å²) >= 11 is 0. The lowest BCUT2D eigenvalue weighted by atomic mass is 10.2. The summed E-state index contributed by atoms with van der Waals surface area (Å²) in [6, 6.07) is 7.71. The van der Waals surface area contributed by atoms with Crippen LogP contribution in [0.15, 0.2) is 24.3 Å². The van der Waals surface area contributed by atoms with Gasteiger partial charge in [-0.25, -0.2) is 0 Å². The minimum Gasteiger partial charge on any atom is -0.493 e. The zero-order chi connectivity index (χ0) is 13.3. The average Bonchev–Trinajstić information content (AvgIpc) is 2.96. The van der Waals surface area contributed by atoms with Gasteiger partial charge in [-0.3, -0.25) is 0 Å². The van der Waals surface area contributed by atoms with Crippen molar-refractivity contribution in [1.29, 1.82) is 0 Å². The first-order valence-electron chi connectivity index (χ1n) is 6.98. The van der Waals surface area contributed by atoms with Crippen molar-refractivity contribution in [2.75, 3.05) is 33.4 Å². The second-order valence-electron chi connectivity index (χ2n) is 4.67. The first-order valence-corrected chi connectivity index (χ1v) is 6.98. The molecule has 4 heteroatoms. The number of ether oxygens (including phenoxy) is 3. The molecule has 1 aliphatic heterocycles. The average molecular weight is 265 g/mol. The summed E-state index contributed by atoms with van der Waals surface area (Å²) in [7, 11) is 1.65. The maximum absolute atomic E-state index is 5.68. The van der Waals surface area contributed by atoms with Crippen LogP contribution in [-0.4, -0.2) is 39.5 Å². The Bertz CT molecular complexity index is 364. The zero-order valence-electron chi connectivity index (χ0n) is 11.6. The number of hydrogen-bond acceptors (Lipinski definition) is 4. The molecule has 0 amide bonds. The number of methoxy groups -OCH3 is 1. The van der Waals surface area contributed by atoms with Crippen LogP contribution in [0.2, 0.25) is 0 Å². The van der Waals surface area contributed by atoms with Gasteiger partial charge >= 0.3 is 0 Å². The fraction of sp³-hybridized carbons (Fsp3) is 0.600. The molecule has 1 heterocycles. The summed E-state index contributed by atoms with van der Waals surface area (Å²) < 4.78 is 16.5. The van der Waals surface area contributed by atoms with E-state index in [1.807, 2.05) is 24.3 Å². The molecule has 1 aromatic carbocycles. The molecule has 0 radical (unpaired) electrons. The Balaban J connectivity index is 1.56. The van der Waals surface area contributed by atoms with Crippen molar-refractivity contribution in [2.45, 2.75) is 25.4 Å². The van der Waals surface area contributed by atoms with Gasteiger partial charge in [0.05, 0.1) is 13.2 Å². The van der Waals surface area contributed by atoms with E-state index in [2.05, 4.69) is 5.32 Å². The number of rotatable bonds is 8. The molecule has 4 nitrogen and oxygen atoms in total. The fourth-order valence-electron chi connectivity index (χ4n) is 2.23. The summed E-state index contributed by atoms with van der Waals surface area (Å²) in [6.45, 7) is 3.40. The molecule has 1 aromatic rings. The Morgan fingerprint density at radius 3 is 2.84 bits per heavy atom. The molecule has 106 valence electrons. The molecule has 0 bridgehead atoms. The minimum atomic E-state index is 0.461. The molecule has 2 rings (SSSR count). The number of hydrogen-bond donors (Lipinski definition) is 1. The first kappa shape index (κ1) is 14.2. The Morgan fingerprint density at radius 2 is 2.11 bits per heavy atom. The lowest BCUT2D eigenvalue weighted by molar-refractivity contribution is 0.104. The molecular formula is C15H23NO3. The van der Waals surface area contributed by atoms with E-state index in [1.54, 1.807) is 7.11 Å². The van der Waals surface area contributed by atoms with Crippen LogP contribution in [0, 0.1) is 0 Å². The normalized spacial score (nSPS) is 18.5. The van der Waals surface area contributed by atoms with Gasteiger partial charge in [-0.15, -0.1) is 0 Å². The van der Waals surface area contributed by atoms with Crippen molar-refractivity contribution in [3.05, 3.63) is 24.3 Å². The van der Waals surface area contributed by atoms with Gasteiger partial charge in [-0.1, -0.05) is 12.1 Å². The maximum Gasteiger partial charge on any atom is 0.161 e. The third kappa shape index (κ3) is 4.73. The SMILES string of the molecule is COc1ccccc1OCCNCCC1CCCO1. The highest BCUT2D eigenvalue weighted by Gasteiger charge is 2.14. The molecule has 0 aromatic heterocycles. The Hall–Kier alpha value is -1.26. The summed E-state index contributed by atoms with van der Waals surface area (Å²) in [6.07, 6.45) is 3.97. The first-order chi connectivity index (χ1) is 9.40. The predicted octanol–water partition coefficient (Wildman–Crippen LogP) is 2.23. The second-order valence-corrected chi connectivity index (χ2v) is 4.67. The topological polar surface area (TPSA) is 39.7 Å². The van der Waals surface area contributed by atoms with Crippen LogP contribution in [0.4, 0.5) is 0 Å². The monoisotopic (exact) mass is 265 g/mol. The summed E-state index contributed by atoms with van der Waals surface area (Å²) in [5.41, 5.74) is 0. The molecule has 1 N–H and O–H groups in total. The predicted molar refractivity (Wildman–Crippen MR) is 74.9 cm³/mol. The van der Waals surface area contributed by atoms with Gasteiger partial charge < -0.3 is 19.5 Å². The van der Waals surface area contributed by atoms with Crippen LogP contribution in [0.1, 0.15) is 19.3 Å². The third-order valence-corrected chi connectivity index (χ3v) is 3.27. The molecule has 0 spiro atoms. The van der Waals surface area contributed by atoms with Gasteiger partial charge in [0.15, 0.2) is 11.5 Å². The van der Waals surface area contributed by atoms with Crippen molar-refractivity contribution in [3.8, 4) is 11.5 Å². The van der Waals surface area contributed by atoms with Gasteiger partial charge in [-0.2, -0.15) is 0 Å². The van der Waals surface area contributed by atoms with Crippen LogP contribution in [-0.2, 0) is 4.74 Å². The second kappa shape index (κ2) is 8.02. The van der Waals surface area contributed by atoms with Gasteiger partial charge in [0.1, 0.15) is 6.61 Å². The third-order valence-electron chi connectivity index (χ3n) is 3.27. The molecule has 1 unspecified atom stereocenters. The standard InChI is InChI=1S/C15H23NO3/c1-17-14-6-2-3-7-15(14)19-12-10-16-9-8-13-5-4-11-18-13/h2-3,6-7,13,16H,4-5,8-12H2,1H3. The van der Waals surface area contributed by atoms with Gasteiger partial charge in [0, 0.05) is 13.2 Å². The van der Waals surface area contributed by atoms with E-state index in [0.717, 1.165) is 37.6 Å². The minimum absolute atomic E-state index is 0.461. The number of para-hydroxylation sites is 2. The molecular weight excluding hydrogens is 242 g/mol. The van der Waals surface area contributed by atoms with Crippen LogP contribution in [0.5, 0.6) is 11.5 Å². The molecule has 0 aliphatic carbocycles. The van der Waals surface area contributed by atoms with Gasteiger partial charge in [0.25, 0.3) is 0 Å². The molecule has 19 heavy (non-hydrogen) atoms. The van der Waals surface area contributed by atoms with Crippen LogP contribution < -0.4 is 14.8 Å². The Morgan fingerprint density at radius 1 is 1.26 bits per heavy atom. The van der Waals surface area contributed by atoms with E-state index < -0.39 is 0 Å². The molecule has 1 saturated heterocycles. The van der Waals surface area contributed by atoms with Crippen molar-refractivity contribution >= 4 is 0 Å². The lowest BCUT2D eigenvalue weighted by Gasteiger charge is -2.12. The van der Waals surface area contributed by atoms with E-state index >= 15 is 0 Å². The van der Waals surface area contributed by atoms with Gasteiger partial charge in [0.2, 0.25) is 0 Å². The number of benzene rings is 1. The summed E-state index contributed by atoms with van der Waals surface area (Å²) in [5, 5.41) is 3.37. The van der Waals surface area contributed by atoms with E-state index in [-0.39, 0.29) is 0 Å². The van der Waals surface area contributed by atoms with Crippen molar-refractivity contribution in [1.82, 2.24) is 5.32 Å². The van der Waals surface area contributed by atoms with Crippen LogP contribution >= 0.6 is 0 Å². The summed E-state index contributed by atoms with van der Waals surface area (Å²) in [4.78, 5) is 0. The summed E-state index contributed by atoms with van der Waals surface area (Å²) in [5.74, 6) is 1.58. The zero-order valence-corrected chi connectivity index (χ0v) is 11.6. The quantitative estimate of drug-likeness (QED) is 0.732. The molecule has 0 saturated carbocycles. The number of nitrogens with one attached hydrogen (secondary N) is 1. The largest absolute Gasteiger partial charge is 0.493 e. The highest BCUT2D eigenvalue weighted by molar-refractivity contribution is 5.39. The molecule has 1 aliphatic rings. The van der Waals surface area contributed by atoms with Crippen molar-refractivity contribution in [2.24, 2.45) is 0 Å². The van der Waals surface area contributed by atoms with Crippen LogP contribution in [0.25, 0.3) is 0 Å². The van der Waals surface area contributed by atoms with E-state index in [0.29, 0.717) is 12.7 Å². The van der Waals surface area contributed by atoms with Crippen LogP contribution in [0.3, 0.4) is 0 Å². The Kier molecular flexibility index (Phi) is 5.98. The molecule has 1 atom stereocenters. The van der Waals surface area contributed by atoms with Crippen molar-refractivity contribution < 1.29 is 14.2 Å². The molecule has 1 fully saturated rings. The van der Waals surface area contributed by atoms with E-state index in [1.165, 1.54) is 12.8 Å². The Labute approximate surface area is 115 Å².